The minimum Gasteiger partial charge on any atom is -0.367 e. The molecule has 1 aliphatic rings. The van der Waals surface area contributed by atoms with Crippen LogP contribution in [0.1, 0.15) is 24.8 Å². The lowest BCUT2D eigenvalue weighted by Crippen LogP contribution is -2.27. The van der Waals surface area contributed by atoms with E-state index in [1.807, 2.05) is 18.2 Å². The van der Waals surface area contributed by atoms with E-state index in [0.29, 0.717) is 23.4 Å². The average molecular weight is 269 g/mol. The summed E-state index contributed by atoms with van der Waals surface area (Å²) in [6, 6.07) is 8.58. The number of nitrogens with zero attached hydrogens (tertiary/aromatic N) is 2. The minimum atomic E-state index is 0.450. The summed E-state index contributed by atoms with van der Waals surface area (Å²) in [5, 5.41) is 9.42. The first kappa shape index (κ1) is 12.5. The molecule has 2 rings (SSSR count). The van der Waals surface area contributed by atoms with E-state index in [1.165, 1.54) is 12.8 Å². The first-order chi connectivity index (χ1) is 8.26. The molecule has 1 aromatic rings. The lowest BCUT2D eigenvalue weighted by Gasteiger charge is -2.26. The number of rotatable bonds is 5. The van der Waals surface area contributed by atoms with Gasteiger partial charge in [0.25, 0.3) is 0 Å². The number of benzene rings is 1. The van der Waals surface area contributed by atoms with Gasteiger partial charge in [0.2, 0.25) is 0 Å². The third kappa shape index (κ3) is 3.06. The zero-order chi connectivity index (χ0) is 12.3. The highest BCUT2D eigenvalue weighted by Crippen LogP contribution is 2.35. The normalized spacial score (nSPS) is 14.4. The van der Waals surface area contributed by atoms with Crippen molar-refractivity contribution in [1.29, 1.82) is 5.26 Å². The zero-order valence-corrected chi connectivity index (χ0v) is 11.0. The molecule has 0 aliphatic heterocycles. The molecule has 0 unspecified atom stereocenters. The summed E-state index contributed by atoms with van der Waals surface area (Å²) >= 11 is 11.9. The predicted molar refractivity (Wildman–Crippen MR) is 71.6 cm³/mol. The third-order valence-electron chi connectivity index (χ3n) is 2.95. The molecule has 17 heavy (non-hydrogen) atoms. The van der Waals surface area contributed by atoms with E-state index in [9.17, 15) is 0 Å². The van der Waals surface area contributed by atoms with Crippen molar-refractivity contribution < 1.29 is 0 Å². The van der Waals surface area contributed by atoms with Gasteiger partial charge in [-0.2, -0.15) is 5.26 Å². The second kappa shape index (κ2) is 5.62. The summed E-state index contributed by atoms with van der Waals surface area (Å²) in [6.45, 7) is 0.771. The molecule has 1 aliphatic carbocycles. The maximum atomic E-state index is 8.71. The van der Waals surface area contributed by atoms with E-state index in [4.69, 9.17) is 28.5 Å². The van der Waals surface area contributed by atoms with Crippen molar-refractivity contribution in [1.82, 2.24) is 0 Å². The smallest absolute Gasteiger partial charge is 0.0640 e. The number of anilines is 1. The Balaban J connectivity index is 2.25. The van der Waals surface area contributed by atoms with Crippen molar-refractivity contribution in [3.05, 3.63) is 28.8 Å². The van der Waals surface area contributed by atoms with Crippen LogP contribution in [0, 0.1) is 11.3 Å². The zero-order valence-electron chi connectivity index (χ0n) is 9.50. The molecule has 0 amide bonds. The highest BCUT2D eigenvalue weighted by molar-refractivity contribution is 6.30. The molecule has 0 radical (unpaired) electrons. The molecular formula is C13H14Cl2N2. The van der Waals surface area contributed by atoms with Crippen molar-refractivity contribution >= 4 is 28.9 Å². The maximum Gasteiger partial charge on any atom is 0.0640 e. The Labute approximate surface area is 112 Å². The predicted octanol–water partition coefficient (Wildman–Crippen LogP) is 3.96. The van der Waals surface area contributed by atoms with Crippen LogP contribution in [0.5, 0.6) is 0 Å². The summed E-state index contributed by atoms with van der Waals surface area (Å²) < 4.78 is 0. The molecule has 0 N–H and O–H groups in total. The standard InChI is InChI=1S/C13H14Cl2N2/c14-9-10-8-11(15)2-5-13(10)17(7-1-6-16)12-3-4-12/h2,5,8,12H,1,3-4,7,9H2. The van der Waals surface area contributed by atoms with Gasteiger partial charge in [0.05, 0.1) is 12.5 Å². The van der Waals surface area contributed by atoms with Gasteiger partial charge in [0.1, 0.15) is 0 Å². The van der Waals surface area contributed by atoms with Gasteiger partial charge in [-0.15, -0.1) is 11.6 Å². The molecule has 0 heterocycles. The third-order valence-corrected chi connectivity index (χ3v) is 3.47. The Morgan fingerprint density at radius 3 is 2.76 bits per heavy atom. The topological polar surface area (TPSA) is 27.0 Å². The summed E-state index contributed by atoms with van der Waals surface area (Å²) in [5.74, 6) is 0.450. The molecule has 4 heteroatoms. The summed E-state index contributed by atoms with van der Waals surface area (Å²) in [5.41, 5.74) is 2.17. The van der Waals surface area contributed by atoms with Crippen LogP contribution in [-0.2, 0) is 5.88 Å². The Hall–Kier alpha value is -0.910. The summed E-state index contributed by atoms with van der Waals surface area (Å²) in [6.07, 6.45) is 2.95. The fraction of sp³-hybridized carbons (Fsp3) is 0.462. The highest BCUT2D eigenvalue weighted by atomic mass is 35.5. The second-order valence-electron chi connectivity index (χ2n) is 4.24. The quantitative estimate of drug-likeness (QED) is 0.756. The van der Waals surface area contributed by atoms with Gasteiger partial charge in [-0.1, -0.05) is 11.6 Å². The van der Waals surface area contributed by atoms with Gasteiger partial charge < -0.3 is 4.90 Å². The van der Waals surface area contributed by atoms with Crippen LogP contribution in [0.3, 0.4) is 0 Å². The van der Waals surface area contributed by atoms with Crippen molar-refractivity contribution in [3.63, 3.8) is 0 Å². The van der Waals surface area contributed by atoms with Gasteiger partial charge in [0.15, 0.2) is 0 Å². The molecule has 0 bridgehead atoms. The molecule has 1 fully saturated rings. The van der Waals surface area contributed by atoms with Crippen LogP contribution in [0.25, 0.3) is 0 Å². The fourth-order valence-electron chi connectivity index (χ4n) is 2.00. The summed E-state index contributed by atoms with van der Waals surface area (Å²) in [4.78, 5) is 2.29. The van der Waals surface area contributed by atoms with Crippen LogP contribution in [0.15, 0.2) is 18.2 Å². The lowest BCUT2D eigenvalue weighted by molar-refractivity contribution is 0.789. The van der Waals surface area contributed by atoms with Crippen molar-refractivity contribution in [2.24, 2.45) is 0 Å². The van der Waals surface area contributed by atoms with E-state index in [2.05, 4.69) is 11.0 Å². The van der Waals surface area contributed by atoms with Crippen molar-refractivity contribution in [2.75, 3.05) is 11.4 Å². The summed E-state index contributed by atoms with van der Waals surface area (Å²) in [7, 11) is 0. The van der Waals surface area contributed by atoms with Gasteiger partial charge in [0, 0.05) is 29.2 Å². The molecule has 1 saturated carbocycles. The number of halogens is 2. The largest absolute Gasteiger partial charge is 0.367 e. The van der Waals surface area contributed by atoms with Gasteiger partial charge in [-0.25, -0.2) is 0 Å². The van der Waals surface area contributed by atoms with Crippen molar-refractivity contribution in [3.8, 4) is 6.07 Å². The van der Waals surface area contributed by atoms with E-state index in [1.54, 1.807) is 0 Å². The molecule has 0 spiro atoms. The number of hydrogen-bond acceptors (Lipinski definition) is 2. The molecule has 90 valence electrons. The number of nitriles is 1. The molecule has 0 atom stereocenters. The second-order valence-corrected chi connectivity index (χ2v) is 4.94. The van der Waals surface area contributed by atoms with Crippen molar-refractivity contribution in [2.45, 2.75) is 31.2 Å². The molecule has 0 saturated heterocycles. The van der Waals surface area contributed by atoms with Crippen LogP contribution >= 0.6 is 23.2 Å². The molecule has 2 nitrogen and oxygen atoms in total. The monoisotopic (exact) mass is 268 g/mol. The van der Waals surface area contributed by atoms with Crippen LogP contribution in [0.2, 0.25) is 5.02 Å². The van der Waals surface area contributed by atoms with Gasteiger partial charge >= 0.3 is 0 Å². The molecule has 1 aromatic carbocycles. The first-order valence-corrected chi connectivity index (χ1v) is 6.65. The van der Waals surface area contributed by atoms with Gasteiger partial charge in [-0.05, 0) is 36.6 Å². The van der Waals surface area contributed by atoms with Gasteiger partial charge in [-0.3, -0.25) is 0 Å². The number of alkyl halides is 1. The van der Waals surface area contributed by atoms with E-state index >= 15 is 0 Å². The van der Waals surface area contributed by atoms with E-state index < -0.39 is 0 Å². The van der Waals surface area contributed by atoms with Crippen LogP contribution < -0.4 is 4.90 Å². The van der Waals surface area contributed by atoms with E-state index in [0.717, 1.165) is 17.8 Å². The highest BCUT2D eigenvalue weighted by Gasteiger charge is 2.29. The SMILES string of the molecule is N#CCCN(c1ccc(Cl)cc1CCl)C1CC1. The van der Waals surface area contributed by atoms with Crippen LogP contribution in [0.4, 0.5) is 5.69 Å². The minimum absolute atomic E-state index is 0.450. The Morgan fingerprint density at radius 2 is 2.18 bits per heavy atom. The first-order valence-electron chi connectivity index (χ1n) is 5.74. The number of hydrogen-bond donors (Lipinski definition) is 0. The Morgan fingerprint density at radius 1 is 1.41 bits per heavy atom. The van der Waals surface area contributed by atoms with Crippen LogP contribution in [-0.4, -0.2) is 12.6 Å². The molecule has 0 aromatic heterocycles. The Kier molecular flexibility index (Phi) is 4.15. The molecular weight excluding hydrogens is 255 g/mol. The lowest BCUT2D eigenvalue weighted by atomic mass is 10.1. The van der Waals surface area contributed by atoms with E-state index in [-0.39, 0.29) is 0 Å². The Bertz CT molecular complexity index is 436. The maximum absolute atomic E-state index is 8.71. The average Bonchev–Trinajstić information content (AvgIpc) is 3.15. The fourth-order valence-corrected chi connectivity index (χ4v) is 2.41.